The van der Waals surface area contributed by atoms with Gasteiger partial charge in [0.1, 0.15) is 5.82 Å². The molecule has 150 valence electrons. The molecule has 1 aromatic carbocycles. The zero-order valence-corrected chi connectivity index (χ0v) is 17.8. The van der Waals surface area contributed by atoms with Crippen LogP contribution in [0.25, 0.3) is 16.7 Å². The summed E-state index contributed by atoms with van der Waals surface area (Å²) >= 11 is 0. The number of hydrogen-bond donors (Lipinski definition) is 0. The number of aryl methyl sites for hydroxylation is 2. The van der Waals surface area contributed by atoms with Gasteiger partial charge >= 0.3 is 0 Å². The minimum Gasteiger partial charge on any atom is -0.298 e. The normalized spacial score (nSPS) is 11.4. The predicted octanol–water partition coefficient (Wildman–Crippen LogP) is 7.80. The van der Waals surface area contributed by atoms with E-state index in [2.05, 4.69) is 59.8 Å². The Bertz CT molecular complexity index is 832. The van der Waals surface area contributed by atoms with E-state index in [0.717, 1.165) is 12.2 Å². The average Bonchev–Trinajstić information content (AvgIpc) is 3.07. The molecule has 0 aliphatic carbocycles. The number of unbranched alkanes of at least 4 members (excludes halogenated alkanes) is 9. The second kappa shape index (κ2) is 11.0. The maximum atomic E-state index is 4.62. The number of hydrogen-bond acceptors (Lipinski definition) is 1. The minimum absolute atomic E-state index is 1.03. The van der Waals surface area contributed by atoms with Gasteiger partial charge in [-0.25, -0.2) is 4.98 Å². The van der Waals surface area contributed by atoms with Crippen LogP contribution in [-0.4, -0.2) is 9.55 Å². The van der Waals surface area contributed by atoms with E-state index in [1.807, 2.05) is 12.3 Å². The van der Waals surface area contributed by atoms with Crippen molar-refractivity contribution in [2.24, 2.45) is 0 Å². The van der Waals surface area contributed by atoms with Gasteiger partial charge in [0.2, 0.25) is 0 Å². The summed E-state index contributed by atoms with van der Waals surface area (Å²) < 4.78 is 2.35. The van der Waals surface area contributed by atoms with Gasteiger partial charge in [-0.1, -0.05) is 82.4 Å². The Morgan fingerprint density at radius 1 is 0.786 bits per heavy atom. The van der Waals surface area contributed by atoms with Crippen LogP contribution in [0.15, 0.2) is 48.7 Å². The molecule has 0 amide bonds. The van der Waals surface area contributed by atoms with Crippen LogP contribution < -0.4 is 0 Å². The first-order chi connectivity index (χ1) is 13.8. The molecule has 0 saturated heterocycles. The van der Waals surface area contributed by atoms with E-state index in [9.17, 15) is 0 Å². The smallest absolute Gasteiger partial charge is 0.137 e. The van der Waals surface area contributed by atoms with Crippen LogP contribution in [-0.2, 0) is 6.42 Å². The summed E-state index contributed by atoms with van der Waals surface area (Å²) in [7, 11) is 0. The molecule has 0 unspecified atom stereocenters. The fraction of sp³-hybridized carbons (Fsp3) is 0.500. The summed E-state index contributed by atoms with van der Waals surface area (Å²) in [4.78, 5) is 4.62. The molecule has 3 aromatic rings. The fourth-order valence-electron chi connectivity index (χ4n) is 4.13. The summed E-state index contributed by atoms with van der Waals surface area (Å²) in [6.07, 6.45) is 16.8. The summed E-state index contributed by atoms with van der Waals surface area (Å²) in [6.45, 7) is 4.45. The number of rotatable bonds is 12. The van der Waals surface area contributed by atoms with Crippen LogP contribution in [0, 0.1) is 6.92 Å². The molecule has 2 heteroatoms. The maximum absolute atomic E-state index is 4.62. The summed E-state index contributed by atoms with van der Waals surface area (Å²) in [5.41, 5.74) is 3.97. The van der Waals surface area contributed by atoms with Gasteiger partial charge in [0.15, 0.2) is 0 Å². The van der Waals surface area contributed by atoms with Crippen molar-refractivity contribution in [3.63, 3.8) is 0 Å². The second-order valence-electron chi connectivity index (χ2n) is 8.15. The standard InChI is InChI=1S/C26H36N2/c1-3-4-5-6-7-8-9-10-11-12-15-24-21-23-20-22(2)17-18-25(23)28(24)26-16-13-14-19-27-26/h13-14,16-21H,3-12,15H2,1-2H3. The van der Waals surface area contributed by atoms with Gasteiger partial charge < -0.3 is 0 Å². The molecule has 0 spiro atoms. The van der Waals surface area contributed by atoms with Gasteiger partial charge in [0.25, 0.3) is 0 Å². The molecule has 0 aliphatic rings. The van der Waals surface area contributed by atoms with Crippen LogP contribution in [0.3, 0.4) is 0 Å². The lowest BCUT2D eigenvalue weighted by Gasteiger charge is -2.10. The molecule has 2 nitrogen and oxygen atoms in total. The number of fused-ring (bicyclic) bond motifs is 1. The van der Waals surface area contributed by atoms with Gasteiger partial charge in [0.05, 0.1) is 5.52 Å². The molecular weight excluding hydrogens is 340 g/mol. The van der Waals surface area contributed by atoms with Gasteiger partial charge in [-0.3, -0.25) is 4.57 Å². The number of aromatic nitrogens is 2. The Balaban J connectivity index is 1.55. The summed E-state index contributed by atoms with van der Waals surface area (Å²) in [6, 6.07) is 15.3. The van der Waals surface area contributed by atoms with Crippen molar-refractivity contribution in [1.82, 2.24) is 9.55 Å². The molecule has 0 atom stereocenters. The van der Waals surface area contributed by atoms with Gasteiger partial charge in [-0.05, 0) is 50.1 Å². The Morgan fingerprint density at radius 3 is 2.18 bits per heavy atom. The SMILES string of the molecule is CCCCCCCCCCCCc1cc2cc(C)ccc2n1-c1ccccn1. The Morgan fingerprint density at radius 2 is 1.50 bits per heavy atom. The highest BCUT2D eigenvalue weighted by molar-refractivity contribution is 5.83. The quantitative estimate of drug-likeness (QED) is 0.295. The van der Waals surface area contributed by atoms with E-state index in [1.165, 1.54) is 86.4 Å². The van der Waals surface area contributed by atoms with Gasteiger partial charge in [-0.15, -0.1) is 0 Å². The lowest BCUT2D eigenvalue weighted by Crippen LogP contribution is -2.02. The molecule has 0 radical (unpaired) electrons. The summed E-state index contributed by atoms with van der Waals surface area (Å²) in [5, 5.41) is 1.33. The molecule has 0 saturated carbocycles. The van der Waals surface area contributed by atoms with Crippen LogP contribution in [0.5, 0.6) is 0 Å². The zero-order valence-electron chi connectivity index (χ0n) is 17.8. The highest BCUT2D eigenvalue weighted by Gasteiger charge is 2.11. The van der Waals surface area contributed by atoms with Crippen molar-refractivity contribution < 1.29 is 0 Å². The van der Waals surface area contributed by atoms with E-state index >= 15 is 0 Å². The molecule has 0 fully saturated rings. The van der Waals surface area contributed by atoms with Crippen LogP contribution in [0.1, 0.15) is 82.4 Å². The van der Waals surface area contributed by atoms with E-state index in [1.54, 1.807) is 0 Å². The van der Waals surface area contributed by atoms with Crippen molar-refractivity contribution in [1.29, 1.82) is 0 Å². The van der Waals surface area contributed by atoms with Crippen molar-refractivity contribution in [3.05, 3.63) is 59.9 Å². The third kappa shape index (κ3) is 5.70. The Labute approximate surface area is 171 Å². The molecular formula is C26H36N2. The molecule has 0 aliphatic heterocycles. The molecule has 0 N–H and O–H groups in total. The fourth-order valence-corrected chi connectivity index (χ4v) is 4.13. The molecule has 0 bridgehead atoms. The second-order valence-corrected chi connectivity index (χ2v) is 8.15. The zero-order chi connectivity index (χ0) is 19.6. The topological polar surface area (TPSA) is 17.8 Å². The first-order valence-corrected chi connectivity index (χ1v) is 11.3. The molecule has 28 heavy (non-hydrogen) atoms. The van der Waals surface area contributed by atoms with E-state index < -0.39 is 0 Å². The lowest BCUT2D eigenvalue weighted by molar-refractivity contribution is 0.555. The third-order valence-corrected chi connectivity index (χ3v) is 5.70. The number of nitrogens with zero attached hydrogens (tertiary/aromatic N) is 2. The molecule has 2 aromatic heterocycles. The molecule has 3 rings (SSSR count). The minimum atomic E-state index is 1.03. The first-order valence-electron chi connectivity index (χ1n) is 11.3. The predicted molar refractivity (Wildman–Crippen MR) is 121 cm³/mol. The van der Waals surface area contributed by atoms with Gasteiger partial charge in [0, 0.05) is 17.3 Å². The van der Waals surface area contributed by atoms with Crippen molar-refractivity contribution in [2.75, 3.05) is 0 Å². The van der Waals surface area contributed by atoms with E-state index in [4.69, 9.17) is 0 Å². The Kier molecular flexibility index (Phi) is 8.14. The van der Waals surface area contributed by atoms with E-state index in [0.29, 0.717) is 0 Å². The third-order valence-electron chi connectivity index (χ3n) is 5.70. The highest BCUT2D eigenvalue weighted by Crippen LogP contribution is 2.26. The van der Waals surface area contributed by atoms with Gasteiger partial charge in [-0.2, -0.15) is 0 Å². The van der Waals surface area contributed by atoms with Crippen LogP contribution >= 0.6 is 0 Å². The highest BCUT2D eigenvalue weighted by atomic mass is 15.1. The largest absolute Gasteiger partial charge is 0.298 e. The summed E-state index contributed by atoms with van der Waals surface area (Å²) in [5.74, 6) is 1.03. The van der Waals surface area contributed by atoms with Crippen LogP contribution in [0.4, 0.5) is 0 Å². The van der Waals surface area contributed by atoms with Crippen molar-refractivity contribution in [2.45, 2.75) is 84.5 Å². The Hall–Kier alpha value is -2.09. The number of benzene rings is 1. The molecule has 2 heterocycles. The van der Waals surface area contributed by atoms with Crippen molar-refractivity contribution >= 4 is 10.9 Å². The van der Waals surface area contributed by atoms with Crippen LogP contribution in [0.2, 0.25) is 0 Å². The maximum Gasteiger partial charge on any atom is 0.137 e. The van der Waals surface area contributed by atoms with Crippen molar-refractivity contribution in [3.8, 4) is 5.82 Å². The average molecular weight is 377 g/mol. The van der Waals surface area contributed by atoms with E-state index in [-0.39, 0.29) is 0 Å². The lowest BCUT2D eigenvalue weighted by atomic mass is 10.1. The monoisotopic (exact) mass is 376 g/mol. The first kappa shape index (κ1) is 20.6. The number of pyridine rings is 1.